The van der Waals surface area contributed by atoms with Crippen molar-refractivity contribution in [3.63, 3.8) is 0 Å². The van der Waals surface area contributed by atoms with Gasteiger partial charge >= 0.3 is 0 Å². The van der Waals surface area contributed by atoms with Crippen molar-refractivity contribution in [2.45, 2.75) is 6.92 Å². The molecule has 0 unspecified atom stereocenters. The first kappa shape index (κ1) is 9.27. The highest BCUT2D eigenvalue weighted by atomic mass is 79.9. The Morgan fingerprint density at radius 3 is 2.33 bits per heavy atom. The molecule has 0 bridgehead atoms. The zero-order valence-electron chi connectivity index (χ0n) is 7.00. The maximum atomic E-state index is 3.39. The predicted octanol–water partition coefficient (Wildman–Crippen LogP) is 4.04. The molecular formula is C11H11Br. The number of hydrogen-bond donors (Lipinski definition) is 0. The minimum absolute atomic E-state index is 1.12. The molecular weight excluding hydrogens is 212 g/mol. The van der Waals surface area contributed by atoms with Gasteiger partial charge in [0.05, 0.1) is 0 Å². The summed E-state index contributed by atoms with van der Waals surface area (Å²) in [7, 11) is 0. The Morgan fingerprint density at radius 2 is 1.75 bits per heavy atom. The van der Waals surface area contributed by atoms with E-state index in [1.165, 1.54) is 5.56 Å². The molecule has 0 fully saturated rings. The van der Waals surface area contributed by atoms with Gasteiger partial charge in [-0.15, -0.1) is 0 Å². The molecule has 12 heavy (non-hydrogen) atoms. The van der Waals surface area contributed by atoms with Crippen molar-refractivity contribution in [1.29, 1.82) is 0 Å². The van der Waals surface area contributed by atoms with Crippen LogP contribution >= 0.6 is 15.9 Å². The highest BCUT2D eigenvalue weighted by Gasteiger charge is 1.85. The molecule has 0 aliphatic heterocycles. The van der Waals surface area contributed by atoms with Gasteiger partial charge in [-0.3, -0.25) is 0 Å². The largest absolute Gasteiger partial charge is 0.0877 e. The number of halogens is 1. The van der Waals surface area contributed by atoms with E-state index in [2.05, 4.69) is 34.1 Å². The standard InChI is InChI=1S/C11H11Br/c1-2-3-4-5-10-6-8-11(12)9-7-10/h2-9H,1H3/b3-2+,5-4+. The lowest BCUT2D eigenvalue weighted by Crippen LogP contribution is -1.69. The Balaban J connectivity index is 2.70. The first-order valence-corrected chi connectivity index (χ1v) is 4.67. The quantitative estimate of drug-likeness (QED) is 0.663. The van der Waals surface area contributed by atoms with E-state index in [1.54, 1.807) is 0 Å². The fraction of sp³-hybridized carbons (Fsp3) is 0.0909. The van der Waals surface area contributed by atoms with Gasteiger partial charge < -0.3 is 0 Å². The van der Waals surface area contributed by atoms with Crippen molar-refractivity contribution < 1.29 is 0 Å². The van der Waals surface area contributed by atoms with Crippen LogP contribution in [0.3, 0.4) is 0 Å². The summed E-state index contributed by atoms with van der Waals surface area (Å²) < 4.78 is 1.12. The van der Waals surface area contributed by atoms with Gasteiger partial charge in [0.1, 0.15) is 0 Å². The summed E-state index contributed by atoms with van der Waals surface area (Å²) >= 11 is 3.39. The molecule has 0 aliphatic carbocycles. The van der Waals surface area contributed by atoms with E-state index in [4.69, 9.17) is 0 Å². The average Bonchev–Trinajstić information content (AvgIpc) is 2.09. The van der Waals surface area contributed by atoms with Crippen LogP contribution in [0.4, 0.5) is 0 Å². The molecule has 0 radical (unpaired) electrons. The van der Waals surface area contributed by atoms with Crippen molar-refractivity contribution in [1.82, 2.24) is 0 Å². The van der Waals surface area contributed by atoms with Gasteiger partial charge in [-0.05, 0) is 24.6 Å². The van der Waals surface area contributed by atoms with Crippen molar-refractivity contribution in [2.75, 3.05) is 0 Å². The summed E-state index contributed by atoms with van der Waals surface area (Å²) in [5.41, 5.74) is 1.22. The second-order valence-corrected chi connectivity index (χ2v) is 3.35. The Kier molecular flexibility index (Phi) is 3.81. The highest BCUT2D eigenvalue weighted by Crippen LogP contribution is 2.11. The van der Waals surface area contributed by atoms with E-state index in [0.717, 1.165) is 4.47 Å². The van der Waals surface area contributed by atoms with Crippen LogP contribution in [-0.4, -0.2) is 0 Å². The first-order chi connectivity index (χ1) is 5.83. The van der Waals surface area contributed by atoms with E-state index < -0.39 is 0 Å². The molecule has 1 heteroatoms. The molecule has 0 nitrogen and oxygen atoms in total. The first-order valence-electron chi connectivity index (χ1n) is 3.88. The smallest absolute Gasteiger partial charge is 0.0175 e. The molecule has 1 rings (SSSR count). The third-order valence-electron chi connectivity index (χ3n) is 1.46. The fourth-order valence-electron chi connectivity index (χ4n) is 0.852. The summed E-state index contributed by atoms with van der Waals surface area (Å²) in [5.74, 6) is 0. The van der Waals surface area contributed by atoms with Crippen LogP contribution in [0.25, 0.3) is 6.08 Å². The molecule has 0 spiro atoms. The molecule has 0 amide bonds. The second-order valence-electron chi connectivity index (χ2n) is 2.44. The van der Waals surface area contributed by atoms with Gasteiger partial charge in [0, 0.05) is 4.47 Å². The van der Waals surface area contributed by atoms with Gasteiger partial charge in [0.25, 0.3) is 0 Å². The van der Waals surface area contributed by atoms with Crippen LogP contribution in [0, 0.1) is 0 Å². The van der Waals surface area contributed by atoms with Crippen molar-refractivity contribution >= 4 is 22.0 Å². The van der Waals surface area contributed by atoms with Crippen molar-refractivity contribution in [3.05, 3.63) is 52.5 Å². The molecule has 0 N–H and O–H groups in total. The monoisotopic (exact) mass is 222 g/mol. The number of benzene rings is 1. The third kappa shape index (κ3) is 3.05. The van der Waals surface area contributed by atoms with Gasteiger partial charge in [0.15, 0.2) is 0 Å². The molecule has 0 aliphatic rings. The SMILES string of the molecule is C/C=C/C=C/c1ccc(Br)cc1. The maximum Gasteiger partial charge on any atom is 0.0175 e. The molecule has 1 aromatic carbocycles. The van der Waals surface area contributed by atoms with Crippen LogP contribution in [-0.2, 0) is 0 Å². The summed E-state index contributed by atoms with van der Waals surface area (Å²) in [6, 6.07) is 8.22. The zero-order chi connectivity index (χ0) is 8.81. The van der Waals surface area contributed by atoms with Crippen LogP contribution in [0.5, 0.6) is 0 Å². The molecule has 0 atom stereocenters. The maximum absolute atomic E-state index is 3.39. The van der Waals surface area contributed by atoms with Gasteiger partial charge in [-0.2, -0.15) is 0 Å². The Labute approximate surface area is 81.7 Å². The molecule has 0 saturated heterocycles. The van der Waals surface area contributed by atoms with E-state index >= 15 is 0 Å². The minimum Gasteiger partial charge on any atom is -0.0877 e. The second kappa shape index (κ2) is 4.94. The predicted molar refractivity (Wildman–Crippen MR) is 58.0 cm³/mol. The van der Waals surface area contributed by atoms with Crippen LogP contribution in [0.15, 0.2) is 47.0 Å². The van der Waals surface area contributed by atoms with Crippen molar-refractivity contribution in [3.8, 4) is 0 Å². The van der Waals surface area contributed by atoms with Crippen molar-refractivity contribution in [2.24, 2.45) is 0 Å². The number of rotatable bonds is 2. The van der Waals surface area contributed by atoms with E-state index in [1.807, 2.05) is 37.3 Å². The zero-order valence-corrected chi connectivity index (χ0v) is 8.58. The summed E-state index contributed by atoms with van der Waals surface area (Å²) in [4.78, 5) is 0. The average molecular weight is 223 g/mol. The normalized spacial score (nSPS) is 11.5. The molecule has 62 valence electrons. The van der Waals surface area contributed by atoms with E-state index in [-0.39, 0.29) is 0 Å². The fourth-order valence-corrected chi connectivity index (χ4v) is 1.12. The number of hydrogen-bond acceptors (Lipinski definition) is 0. The van der Waals surface area contributed by atoms with Crippen LogP contribution in [0.1, 0.15) is 12.5 Å². The summed E-state index contributed by atoms with van der Waals surface area (Å²) in [5, 5.41) is 0. The van der Waals surface area contributed by atoms with E-state index in [0.29, 0.717) is 0 Å². The summed E-state index contributed by atoms with van der Waals surface area (Å²) in [6.07, 6.45) is 8.13. The van der Waals surface area contributed by atoms with Crippen LogP contribution < -0.4 is 0 Å². The summed E-state index contributed by atoms with van der Waals surface area (Å²) in [6.45, 7) is 2.01. The lowest BCUT2D eigenvalue weighted by atomic mass is 10.2. The van der Waals surface area contributed by atoms with Gasteiger partial charge in [-0.1, -0.05) is 52.4 Å². The Morgan fingerprint density at radius 1 is 1.08 bits per heavy atom. The topological polar surface area (TPSA) is 0 Å². The highest BCUT2D eigenvalue weighted by molar-refractivity contribution is 9.10. The molecule has 1 aromatic rings. The lowest BCUT2D eigenvalue weighted by Gasteiger charge is -1.91. The molecule has 0 saturated carbocycles. The molecule has 0 heterocycles. The Hall–Kier alpha value is -0.820. The minimum atomic E-state index is 1.12. The lowest BCUT2D eigenvalue weighted by molar-refractivity contribution is 1.61. The van der Waals surface area contributed by atoms with Crippen LogP contribution in [0.2, 0.25) is 0 Å². The van der Waals surface area contributed by atoms with Gasteiger partial charge in [-0.25, -0.2) is 0 Å². The van der Waals surface area contributed by atoms with E-state index in [9.17, 15) is 0 Å². The van der Waals surface area contributed by atoms with Gasteiger partial charge in [0.2, 0.25) is 0 Å². The number of allylic oxidation sites excluding steroid dienone is 3. The Bertz CT molecular complexity index is 280. The third-order valence-corrected chi connectivity index (χ3v) is 1.99. The molecule has 0 aromatic heterocycles.